The molecule has 6 nitrogen and oxygen atoms in total. The molecule has 1 aliphatic rings. The third kappa shape index (κ3) is 3.37. The zero-order valence-electron chi connectivity index (χ0n) is 10.6. The van der Waals surface area contributed by atoms with Crippen LogP contribution in [0.3, 0.4) is 0 Å². The van der Waals surface area contributed by atoms with Crippen molar-refractivity contribution in [3.05, 3.63) is 29.6 Å². The zero-order chi connectivity index (χ0) is 14.7. The van der Waals surface area contributed by atoms with Gasteiger partial charge in [-0.2, -0.15) is 0 Å². The molecule has 110 valence electrons. The van der Waals surface area contributed by atoms with Gasteiger partial charge in [0.15, 0.2) is 0 Å². The Morgan fingerprint density at radius 2 is 2.20 bits per heavy atom. The number of carbonyl (C=O) groups is 1. The smallest absolute Gasteiger partial charge is 0.404 e. The summed E-state index contributed by atoms with van der Waals surface area (Å²) in [6.07, 6.45) is -1.41. The van der Waals surface area contributed by atoms with Gasteiger partial charge >= 0.3 is 6.09 Å². The maximum atomic E-state index is 13.4. The summed E-state index contributed by atoms with van der Waals surface area (Å²) in [6, 6.07) is 3.81. The molecule has 0 heterocycles. The van der Waals surface area contributed by atoms with Crippen LogP contribution in [0.5, 0.6) is 5.75 Å². The fourth-order valence-electron chi connectivity index (χ4n) is 2.10. The number of benzene rings is 1. The highest BCUT2D eigenvalue weighted by atomic mass is 19.1. The number of hydrogen-bond donors (Lipinski definition) is 4. The van der Waals surface area contributed by atoms with Crippen LogP contribution >= 0.6 is 0 Å². The van der Waals surface area contributed by atoms with Crippen LogP contribution in [0.2, 0.25) is 0 Å². The number of ether oxygens (including phenoxy) is 1. The van der Waals surface area contributed by atoms with E-state index in [4.69, 9.17) is 14.9 Å². The maximum absolute atomic E-state index is 13.4. The molecule has 7 heteroatoms. The summed E-state index contributed by atoms with van der Waals surface area (Å²) >= 11 is 0. The highest BCUT2D eigenvalue weighted by molar-refractivity contribution is 5.65. The van der Waals surface area contributed by atoms with Crippen molar-refractivity contribution in [3.8, 4) is 5.75 Å². The van der Waals surface area contributed by atoms with Crippen LogP contribution in [0.15, 0.2) is 18.2 Å². The van der Waals surface area contributed by atoms with E-state index in [0.29, 0.717) is 18.6 Å². The normalized spacial score (nSPS) is 22.8. The Bertz CT molecular complexity index is 490. The molecule has 1 aromatic carbocycles. The fraction of sp³-hybridized carbons (Fsp3) is 0.462. The second-order valence-corrected chi connectivity index (χ2v) is 4.74. The van der Waals surface area contributed by atoms with Gasteiger partial charge in [0.25, 0.3) is 0 Å². The summed E-state index contributed by atoms with van der Waals surface area (Å²) in [5.74, 6) is -0.231. The second-order valence-electron chi connectivity index (χ2n) is 4.74. The molecule has 4 N–H and O–H groups in total. The Morgan fingerprint density at radius 3 is 2.80 bits per heavy atom. The molecule has 0 saturated heterocycles. The molecule has 1 aliphatic carbocycles. The molecule has 1 fully saturated rings. The molecule has 1 unspecified atom stereocenters. The number of hydrogen-bond acceptors (Lipinski definition) is 4. The largest absolute Gasteiger partial charge is 0.490 e. The number of halogens is 1. The lowest BCUT2D eigenvalue weighted by Crippen LogP contribution is -2.48. The first-order chi connectivity index (χ1) is 9.49. The number of aliphatic hydroxyl groups excluding tert-OH is 2. The van der Waals surface area contributed by atoms with Crippen molar-refractivity contribution >= 4 is 6.09 Å². The fourth-order valence-corrected chi connectivity index (χ4v) is 2.10. The summed E-state index contributed by atoms with van der Waals surface area (Å²) < 4.78 is 19.0. The van der Waals surface area contributed by atoms with Crippen molar-refractivity contribution in [2.45, 2.75) is 31.1 Å². The molecule has 0 bridgehead atoms. The third-order valence-corrected chi connectivity index (χ3v) is 3.22. The van der Waals surface area contributed by atoms with E-state index in [1.165, 1.54) is 12.1 Å². The Kier molecular flexibility index (Phi) is 4.41. The minimum Gasteiger partial charge on any atom is -0.490 e. The van der Waals surface area contributed by atoms with Crippen molar-refractivity contribution < 1.29 is 29.2 Å². The summed E-state index contributed by atoms with van der Waals surface area (Å²) in [5, 5.41) is 29.2. The first-order valence-corrected chi connectivity index (χ1v) is 6.24. The lowest BCUT2D eigenvalue weighted by Gasteiger charge is -2.35. The van der Waals surface area contributed by atoms with E-state index in [9.17, 15) is 14.3 Å². The summed E-state index contributed by atoms with van der Waals surface area (Å²) in [7, 11) is 0. The van der Waals surface area contributed by atoms with Crippen LogP contribution in [0, 0.1) is 5.82 Å². The minimum atomic E-state index is -1.29. The predicted molar refractivity (Wildman–Crippen MR) is 67.0 cm³/mol. The van der Waals surface area contributed by atoms with E-state index in [0.717, 1.165) is 6.07 Å². The Balaban J connectivity index is 1.93. The summed E-state index contributed by atoms with van der Waals surface area (Å²) in [4.78, 5) is 10.4. The van der Waals surface area contributed by atoms with E-state index in [-0.39, 0.29) is 17.7 Å². The van der Waals surface area contributed by atoms with Gasteiger partial charge in [0.2, 0.25) is 0 Å². The van der Waals surface area contributed by atoms with Crippen LogP contribution < -0.4 is 10.1 Å². The topological polar surface area (TPSA) is 99.0 Å². The van der Waals surface area contributed by atoms with E-state index in [1.807, 2.05) is 0 Å². The van der Waals surface area contributed by atoms with Crippen molar-refractivity contribution in [1.29, 1.82) is 0 Å². The molecule has 2 rings (SSSR count). The van der Waals surface area contributed by atoms with Gasteiger partial charge in [0.05, 0.1) is 6.61 Å². The molecule has 1 aromatic rings. The predicted octanol–water partition coefficient (Wildman–Crippen LogP) is 1.03. The number of rotatable bonds is 5. The number of nitrogens with one attached hydrogen (secondary N) is 1. The quantitative estimate of drug-likeness (QED) is 0.647. The van der Waals surface area contributed by atoms with Crippen molar-refractivity contribution in [3.63, 3.8) is 0 Å². The maximum Gasteiger partial charge on any atom is 0.404 e. The van der Waals surface area contributed by atoms with E-state index in [1.54, 1.807) is 0 Å². The first-order valence-electron chi connectivity index (χ1n) is 6.24. The summed E-state index contributed by atoms with van der Waals surface area (Å²) in [6.45, 7) is -0.575. The molecule has 0 aromatic heterocycles. The van der Waals surface area contributed by atoms with E-state index in [2.05, 4.69) is 5.32 Å². The lowest BCUT2D eigenvalue weighted by atomic mass is 9.89. The zero-order valence-corrected chi connectivity index (χ0v) is 10.6. The Hall–Kier alpha value is -1.86. The van der Waals surface area contributed by atoms with Crippen LogP contribution in [-0.4, -0.2) is 40.2 Å². The SMILES string of the molecule is O=C(O)N[C@H]1C[C@H](Oc2ccc(F)c(C(O)CO)c2)C1. The highest BCUT2D eigenvalue weighted by Crippen LogP contribution is 2.28. The van der Waals surface area contributed by atoms with Gasteiger partial charge in [0.1, 0.15) is 23.8 Å². The van der Waals surface area contributed by atoms with Crippen LogP contribution in [-0.2, 0) is 0 Å². The van der Waals surface area contributed by atoms with Crippen LogP contribution in [0.1, 0.15) is 24.5 Å². The van der Waals surface area contributed by atoms with Gasteiger partial charge in [0, 0.05) is 24.4 Å². The van der Waals surface area contributed by atoms with Crippen molar-refractivity contribution in [1.82, 2.24) is 5.32 Å². The highest BCUT2D eigenvalue weighted by Gasteiger charge is 2.32. The Labute approximate surface area is 114 Å². The minimum absolute atomic E-state index is 0.0236. The monoisotopic (exact) mass is 285 g/mol. The summed E-state index contributed by atoms with van der Waals surface area (Å²) in [5.41, 5.74) is -0.0236. The van der Waals surface area contributed by atoms with Gasteiger partial charge in [-0.3, -0.25) is 0 Å². The average molecular weight is 285 g/mol. The van der Waals surface area contributed by atoms with Gasteiger partial charge in [-0.1, -0.05) is 0 Å². The number of amides is 1. The lowest BCUT2D eigenvalue weighted by molar-refractivity contribution is 0.0801. The molecule has 0 spiro atoms. The molecule has 0 aliphatic heterocycles. The molecular weight excluding hydrogens is 269 g/mol. The van der Waals surface area contributed by atoms with Gasteiger partial charge in [-0.25, -0.2) is 9.18 Å². The van der Waals surface area contributed by atoms with E-state index < -0.39 is 24.6 Å². The van der Waals surface area contributed by atoms with Crippen molar-refractivity contribution in [2.24, 2.45) is 0 Å². The molecule has 1 saturated carbocycles. The standard InChI is InChI=1S/C13H16FNO5/c14-11-2-1-8(5-10(11)12(17)6-16)20-9-3-7(4-9)15-13(18)19/h1-2,5,7,9,12,15-17H,3-4,6H2,(H,18,19)/t7-,9-,12?. The number of carboxylic acid groups (broad SMARTS) is 1. The molecule has 20 heavy (non-hydrogen) atoms. The molecule has 0 radical (unpaired) electrons. The van der Waals surface area contributed by atoms with Gasteiger partial charge in [-0.05, 0) is 18.2 Å². The first kappa shape index (κ1) is 14.5. The Morgan fingerprint density at radius 1 is 1.50 bits per heavy atom. The number of aliphatic hydroxyl groups is 2. The second kappa shape index (κ2) is 6.06. The van der Waals surface area contributed by atoms with Crippen LogP contribution in [0.25, 0.3) is 0 Å². The van der Waals surface area contributed by atoms with Gasteiger partial charge < -0.3 is 25.4 Å². The molecule has 1 amide bonds. The van der Waals surface area contributed by atoms with Gasteiger partial charge in [-0.15, -0.1) is 0 Å². The molecular formula is C13H16FNO5. The van der Waals surface area contributed by atoms with E-state index >= 15 is 0 Å². The average Bonchev–Trinajstić information content (AvgIpc) is 2.37. The van der Waals surface area contributed by atoms with Crippen molar-refractivity contribution in [2.75, 3.05) is 6.61 Å². The van der Waals surface area contributed by atoms with Crippen LogP contribution in [0.4, 0.5) is 9.18 Å². The third-order valence-electron chi connectivity index (χ3n) is 3.22. The molecule has 1 atom stereocenters.